The fourth-order valence-electron chi connectivity index (χ4n) is 3.43. The van der Waals surface area contributed by atoms with Crippen molar-refractivity contribution < 1.29 is 31.6 Å². The smallest absolute Gasteiger partial charge is 0.355 e. The molecular weight excluding hydrogens is 521 g/mol. The van der Waals surface area contributed by atoms with Gasteiger partial charge in [-0.25, -0.2) is 4.98 Å². The Hall–Kier alpha value is -3.41. The van der Waals surface area contributed by atoms with Crippen LogP contribution < -0.4 is 21.4 Å². The largest absolute Gasteiger partial charge is 0.421 e. The third kappa shape index (κ3) is 7.56. The van der Waals surface area contributed by atoms with Gasteiger partial charge in [-0.15, -0.1) is 0 Å². The lowest BCUT2D eigenvalue weighted by molar-refractivity contribution is -0.137. The Morgan fingerprint density at radius 1 is 1.05 bits per heavy atom. The molecule has 3 aromatic rings. The van der Waals surface area contributed by atoms with Crippen LogP contribution in [0.2, 0.25) is 0 Å². The number of carbonyl (C=O) groups excluding carboxylic acids is 1. The molecule has 1 heterocycles. The van der Waals surface area contributed by atoms with Crippen molar-refractivity contribution in [3.63, 3.8) is 0 Å². The molecule has 0 atom stereocenters. The number of anilines is 4. The van der Waals surface area contributed by atoms with E-state index in [9.17, 15) is 22.5 Å². The van der Waals surface area contributed by atoms with Gasteiger partial charge >= 0.3 is 13.8 Å². The zero-order valence-electron chi connectivity index (χ0n) is 20.9. The topological polar surface area (TPSA) is 114 Å². The van der Waals surface area contributed by atoms with Gasteiger partial charge in [-0.2, -0.15) is 18.2 Å². The number of nitrogens with one attached hydrogen (secondary N) is 3. The van der Waals surface area contributed by atoms with Gasteiger partial charge in [-0.05, 0) is 37.6 Å². The number of hydrogen-bond donors (Lipinski definition) is 3. The molecule has 200 valence electrons. The van der Waals surface area contributed by atoms with E-state index in [0.717, 1.165) is 0 Å². The molecule has 2 radical (unpaired) electrons. The van der Waals surface area contributed by atoms with Gasteiger partial charge in [-0.3, -0.25) is 9.36 Å². The minimum absolute atomic E-state index is 0.0423. The highest BCUT2D eigenvalue weighted by molar-refractivity contribution is 7.53. The molecule has 0 fully saturated rings. The molecule has 3 N–H and O–H groups in total. The van der Waals surface area contributed by atoms with Crippen LogP contribution in [0.3, 0.4) is 0 Å². The van der Waals surface area contributed by atoms with Crippen molar-refractivity contribution in [1.82, 2.24) is 15.3 Å². The maximum Gasteiger partial charge on any atom is 0.421 e. The van der Waals surface area contributed by atoms with E-state index in [0.29, 0.717) is 17.4 Å². The molecule has 1 aromatic heterocycles. The third-order valence-electron chi connectivity index (χ3n) is 5.10. The first-order valence-corrected chi connectivity index (χ1v) is 13.3. The molecule has 0 aliphatic heterocycles. The van der Waals surface area contributed by atoms with Crippen LogP contribution in [0.4, 0.5) is 36.3 Å². The number of nitrogens with zero attached hydrogens (tertiary/aromatic N) is 2. The van der Waals surface area contributed by atoms with Crippen LogP contribution in [-0.4, -0.2) is 44.0 Å². The van der Waals surface area contributed by atoms with Crippen molar-refractivity contribution in [3.8, 4) is 0 Å². The monoisotopic (exact) mass is 547 g/mol. The zero-order chi connectivity index (χ0) is 27.9. The van der Waals surface area contributed by atoms with E-state index in [1.54, 1.807) is 38.1 Å². The summed E-state index contributed by atoms with van der Waals surface area (Å²) >= 11 is 0. The molecule has 2 aromatic carbocycles. The Balaban J connectivity index is 1.88. The van der Waals surface area contributed by atoms with Crippen LogP contribution >= 0.6 is 7.60 Å². The summed E-state index contributed by atoms with van der Waals surface area (Å²) in [5.74, 6) is -1.23. The lowest BCUT2D eigenvalue weighted by Crippen LogP contribution is -2.22. The van der Waals surface area contributed by atoms with Gasteiger partial charge in [-0.1, -0.05) is 29.7 Å². The second-order valence-electron chi connectivity index (χ2n) is 7.89. The van der Waals surface area contributed by atoms with Gasteiger partial charge < -0.3 is 25.0 Å². The summed E-state index contributed by atoms with van der Waals surface area (Å²) in [6.07, 6.45) is -4.06. The Bertz CT molecular complexity index is 1320. The predicted molar refractivity (Wildman–Crippen MR) is 140 cm³/mol. The fourth-order valence-corrected chi connectivity index (χ4v) is 5.14. The van der Waals surface area contributed by atoms with Crippen molar-refractivity contribution in [2.45, 2.75) is 26.2 Å². The van der Waals surface area contributed by atoms with E-state index >= 15 is 0 Å². The average Bonchev–Trinajstić information content (AvgIpc) is 2.85. The molecule has 0 spiro atoms. The Morgan fingerprint density at radius 3 is 2.29 bits per heavy atom. The number of rotatable bonds is 11. The standard InChI is InChI=1S/C24H26BF3N5O4P/c1-4-36-38(35,37-5-2)14-15-6-9-17(10-7-15)31-23-30-13-19(24(26,27)28)21(33-23)32-20-11-8-16(25)12-18(20)22(34)29-3/h6-13H,4-5,14H2,1-3H3,(H,29,34)(H2,30,31,32,33). The highest BCUT2D eigenvalue weighted by Crippen LogP contribution is 2.51. The number of hydrogen-bond acceptors (Lipinski definition) is 8. The molecule has 0 aliphatic rings. The van der Waals surface area contributed by atoms with Gasteiger partial charge in [0, 0.05) is 18.9 Å². The number of aromatic nitrogens is 2. The molecule has 0 saturated heterocycles. The number of halogens is 3. The summed E-state index contributed by atoms with van der Waals surface area (Å²) in [6, 6.07) is 10.8. The third-order valence-corrected chi connectivity index (χ3v) is 7.16. The van der Waals surface area contributed by atoms with Crippen molar-refractivity contribution in [1.29, 1.82) is 0 Å². The lowest BCUT2D eigenvalue weighted by atomic mass is 9.93. The molecule has 1 amide bonds. The van der Waals surface area contributed by atoms with Gasteiger partial charge in [0.25, 0.3) is 5.91 Å². The van der Waals surface area contributed by atoms with E-state index < -0.39 is 31.1 Å². The van der Waals surface area contributed by atoms with Crippen molar-refractivity contribution in [2.24, 2.45) is 0 Å². The number of alkyl halides is 3. The van der Waals surface area contributed by atoms with Gasteiger partial charge in [0.05, 0.1) is 30.6 Å². The second-order valence-corrected chi connectivity index (χ2v) is 9.94. The molecule has 0 aliphatic carbocycles. The molecule has 0 unspecified atom stereocenters. The predicted octanol–water partition coefficient (Wildman–Crippen LogP) is 4.90. The second kappa shape index (κ2) is 12.4. The first kappa shape index (κ1) is 29.2. The first-order valence-electron chi connectivity index (χ1n) is 11.5. The minimum atomic E-state index is -4.77. The summed E-state index contributed by atoms with van der Waals surface area (Å²) in [6.45, 7) is 3.91. The first-order chi connectivity index (χ1) is 18.0. The highest BCUT2D eigenvalue weighted by Gasteiger charge is 2.35. The Kier molecular flexibility index (Phi) is 9.53. The summed E-state index contributed by atoms with van der Waals surface area (Å²) in [4.78, 5) is 20.0. The summed E-state index contributed by atoms with van der Waals surface area (Å²) in [5.41, 5.74) is 0.409. The van der Waals surface area contributed by atoms with Crippen LogP contribution in [0.25, 0.3) is 0 Å². The number of amides is 1. The van der Waals surface area contributed by atoms with Gasteiger partial charge in [0.2, 0.25) is 5.95 Å². The van der Waals surface area contributed by atoms with E-state index in [4.69, 9.17) is 16.9 Å². The van der Waals surface area contributed by atoms with E-state index in [1.807, 2.05) is 0 Å². The van der Waals surface area contributed by atoms with E-state index in [-0.39, 0.29) is 42.0 Å². The zero-order valence-corrected chi connectivity index (χ0v) is 21.8. The van der Waals surface area contributed by atoms with Crippen molar-refractivity contribution >= 4 is 50.0 Å². The van der Waals surface area contributed by atoms with E-state index in [2.05, 4.69) is 25.9 Å². The van der Waals surface area contributed by atoms with E-state index in [1.165, 1.54) is 25.2 Å². The molecule has 0 bridgehead atoms. The minimum Gasteiger partial charge on any atom is -0.355 e. The summed E-state index contributed by atoms with van der Waals surface area (Å²) in [7, 11) is 3.84. The maximum atomic E-state index is 13.7. The molecule has 0 saturated carbocycles. The summed E-state index contributed by atoms with van der Waals surface area (Å²) < 4.78 is 64.5. The maximum absolute atomic E-state index is 13.7. The normalized spacial score (nSPS) is 11.7. The average molecular weight is 547 g/mol. The Labute approximate surface area is 219 Å². The van der Waals surface area contributed by atoms with Crippen LogP contribution in [0.15, 0.2) is 48.7 Å². The highest BCUT2D eigenvalue weighted by atomic mass is 31.2. The molecule has 9 nitrogen and oxygen atoms in total. The van der Waals surface area contributed by atoms with Gasteiger partial charge in [0.1, 0.15) is 19.2 Å². The SMILES string of the molecule is [B]c1ccc(Nc2nc(Nc3ccc(CP(=O)(OCC)OCC)cc3)ncc2C(F)(F)F)c(C(=O)NC)c1. The lowest BCUT2D eigenvalue weighted by Gasteiger charge is -2.18. The number of benzene rings is 2. The molecule has 14 heteroatoms. The molecule has 3 rings (SSSR count). The number of carbonyl (C=O) groups is 1. The summed E-state index contributed by atoms with van der Waals surface area (Å²) in [5, 5.41) is 7.86. The van der Waals surface area contributed by atoms with Crippen LogP contribution in [0, 0.1) is 0 Å². The Morgan fingerprint density at radius 2 is 1.71 bits per heavy atom. The van der Waals surface area contributed by atoms with Gasteiger partial charge in [0.15, 0.2) is 0 Å². The van der Waals surface area contributed by atoms with Crippen molar-refractivity contribution in [2.75, 3.05) is 30.9 Å². The van der Waals surface area contributed by atoms with Crippen LogP contribution in [0.5, 0.6) is 0 Å². The van der Waals surface area contributed by atoms with Crippen LogP contribution in [-0.2, 0) is 26.0 Å². The quantitative estimate of drug-likeness (QED) is 0.230. The van der Waals surface area contributed by atoms with Crippen LogP contribution in [0.1, 0.15) is 35.3 Å². The van der Waals surface area contributed by atoms with Crippen molar-refractivity contribution in [3.05, 3.63) is 65.4 Å². The fraction of sp³-hybridized carbons (Fsp3) is 0.292. The molecule has 38 heavy (non-hydrogen) atoms. The molecular formula is C24H26BF3N5O4P.